The van der Waals surface area contributed by atoms with Crippen molar-refractivity contribution in [3.63, 3.8) is 0 Å². The van der Waals surface area contributed by atoms with E-state index >= 15 is 0 Å². The molecule has 17 heavy (non-hydrogen) atoms. The molecule has 0 spiro atoms. The highest BCUT2D eigenvalue weighted by Gasteiger charge is 2.12. The standard InChI is InChI=1S/C11H8Br2N2OS/c1-6-2-3-14-5-8(6)15-11(16)9-4-7(12)10(13)17-9/h2-5H,1H3,(H,15,16). The Balaban J connectivity index is 2.20. The van der Waals surface area contributed by atoms with E-state index < -0.39 is 0 Å². The summed E-state index contributed by atoms with van der Waals surface area (Å²) in [6.45, 7) is 1.93. The molecule has 0 aliphatic rings. The van der Waals surface area contributed by atoms with E-state index in [1.807, 2.05) is 13.0 Å². The van der Waals surface area contributed by atoms with Crippen LogP contribution in [0, 0.1) is 6.92 Å². The van der Waals surface area contributed by atoms with Crippen LogP contribution in [-0.2, 0) is 0 Å². The Kier molecular flexibility index (Phi) is 3.96. The Morgan fingerprint density at radius 2 is 2.24 bits per heavy atom. The third-order valence-corrected chi connectivity index (χ3v) is 5.41. The van der Waals surface area contributed by atoms with Gasteiger partial charge < -0.3 is 5.32 Å². The minimum absolute atomic E-state index is 0.127. The Morgan fingerprint density at radius 3 is 2.82 bits per heavy atom. The van der Waals surface area contributed by atoms with Crippen molar-refractivity contribution in [1.82, 2.24) is 4.98 Å². The largest absolute Gasteiger partial charge is 0.320 e. The summed E-state index contributed by atoms with van der Waals surface area (Å²) >= 11 is 8.10. The van der Waals surface area contributed by atoms with E-state index in [-0.39, 0.29) is 5.91 Å². The third kappa shape index (κ3) is 2.94. The van der Waals surface area contributed by atoms with Crippen LogP contribution >= 0.6 is 43.2 Å². The number of halogens is 2. The zero-order valence-corrected chi connectivity index (χ0v) is 12.8. The van der Waals surface area contributed by atoms with Gasteiger partial charge in [0.2, 0.25) is 0 Å². The van der Waals surface area contributed by atoms with Gasteiger partial charge in [0.15, 0.2) is 0 Å². The molecular weight excluding hydrogens is 368 g/mol. The van der Waals surface area contributed by atoms with Gasteiger partial charge in [-0.05, 0) is 56.5 Å². The number of anilines is 1. The van der Waals surface area contributed by atoms with Gasteiger partial charge in [-0.3, -0.25) is 9.78 Å². The van der Waals surface area contributed by atoms with Crippen LogP contribution in [0.2, 0.25) is 0 Å². The molecule has 0 radical (unpaired) electrons. The van der Waals surface area contributed by atoms with Crippen molar-refractivity contribution in [2.24, 2.45) is 0 Å². The number of nitrogens with zero attached hydrogens (tertiary/aromatic N) is 1. The molecule has 0 saturated carbocycles. The average Bonchev–Trinajstić information content (AvgIpc) is 2.63. The van der Waals surface area contributed by atoms with Crippen LogP contribution in [0.1, 0.15) is 15.2 Å². The predicted octanol–water partition coefficient (Wildman–Crippen LogP) is 4.23. The minimum atomic E-state index is -0.127. The number of carbonyl (C=O) groups excluding carboxylic acids is 1. The predicted molar refractivity (Wildman–Crippen MR) is 76.6 cm³/mol. The number of aromatic nitrogens is 1. The van der Waals surface area contributed by atoms with E-state index in [0.29, 0.717) is 4.88 Å². The summed E-state index contributed by atoms with van der Waals surface area (Å²) in [6, 6.07) is 3.64. The van der Waals surface area contributed by atoms with E-state index in [0.717, 1.165) is 19.5 Å². The summed E-state index contributed by atoms with van der Waals surface area (Å²) in [6.07, 6.45) is 3.34. The fourth-order valence-corrected chi connectivity index (χ4v) is 3.17. The monoisotopic (exact) mass is 374 g/mol. The second-order valence-corrected chi connectivity index (χ2v) is 6.60. The Bertz CT molecular complexity index is 549. The van der Waals surface area contributed by atoms with Gasteiger partial charge in [0.05, 0.1) is 20.5 Å². The number of rotatable bonds is 2. The van der Waals surface area contributed by atoms with Gasteiger partial charge in [0, 0.05) is 10.7 Å². The maximum Gasteiger partial charge on any atom is 0.265 e. The van der Waals surface area contributed by atoms with Gasteiger partial charge in [0.25, 0.3) is 5.91 Å². The first-order chi connectivity index (χ1) is 8.08. The number of hydrogen-bond acceptors (Lipinski definition) is 3. The zero-order chi connectivity index (χ0) is 12.4. The number of pyridine rings is 1. The van der Waals surface area contributed by atoms with Gasteiger partial charge in [-0.15, -0.1) is 11.3 Å². The van der Waals surface area contributed by atoms with Crippen molar-refractivity contribution < 1.29 is 4.79 Å². The lowest BCUT2D eigenvalue weighted by atomic mass is 10.2. The second kappa shape index (κ2) is 5.29. The summed E-state index contributed by atoms with van der Waals surface area (Å²) in [4.78, 5) is 16.6. The maximum absolute atomic E-state index is 12.0. The number of carbonyl (C=O) groups is 1. The lowest BCUT2D eigenvalue weighted by Crippen LogP contribution is -2.11. The molecule has 2 aromatic heterocycles. The molecule has 0 aliphatic heterocycles. The molecular formula is C11H8Br2N2OS. The highest BCUT2D eigenvalue weighted by molar-refractivity contribution is 9.13. The number of aryl methyl sites for hydroxylation is 1. The highest BCUT2D eigenvalue weighted by Crippen LogP contribution is 2.32. The fourth-order valence-electron chi connectivity index (χ4n) is 1.24. The molecule has 0 fully saturated rings. The lowest BCUT2D eigenvalue weighted by molar-refractivity contribution is 0.103. The smallest absolute Gasteiger partial charge is 0.265 e. The fraction of sp³-hybridized carbons (Fsp3) is 0.0909. The number of hydrogen-bond donors (Lipinski definition) is 1. The number of nitrogens with one attached hydrogen (secondary N) is 1. The average molecular weight is 376 g/mol. The van der Waals surface area contributed by atoms with Crippen LogP contribution in [0.5, 0.6) is 0 Å². The van der Waals surface area contributed by atoms with Crippen molar-refractivity contribution in [3.8, 4) is 0 Å². The summed E-state index contributed by atoms with van der Waals surface area (Å²) < 4.78 is 1.79. The van der Waals surface area contributed by atoms with Crippen LogP contribution in [0.25, 0.3) is 0 Å². The molecule has 2 heterocycles. The first kappa shape index (κ1) is 12.7. The summed E-state index contributed by atoms with van der Waals surface area (Å²) in [5.74, 6) is -0.127. The molecule has 0 unspecified atom stereocenters. The molecule has 1 N–H and O–H groups in total. The molecule has 2 aromatic rings. The maximum atomic E-state index is 12.0. The van der Waals surface area contributed by atoms with Crippen molar-refractivity contribution >= 4 is 54.8 Å². The third-order valence-electron chi connectivity index (χ3n) is 2.16. The Labute approximate surface area is 120 Å². The van der Waals surface area contributed by atoms with Gasteiger partial charge in [-0.2, -0.15) is 0 Å². The molecule has 0 aromatic carbocycles. The number of amides is 1. The number of thiophene rings is 1. The normalized spacial score (nSPS) is 10.3. The Hall–Kier alpha value is -0.720. The summed E-state index contributed by atoms with van der Waals surface area (Å²) in [5.41, 5.74) is 1.72. The second-order valence-electron chi connectivity index (χ2n) is 3.38. The molecule has 0 aliphatic carbocycles. The summed E-state index contributed by atoms with van der Waals surface area (Å²) in [7, 11) is 0. The quantitative estimate of drug-likeness (QED) is 0.853. The van der Waals surface area contributed by atoms with E-state index in [1.165, 1.54) is 11.3 Å². The van der Waals surface area contributed by atoms with E-state index in [9.17, 15) is 4.79 Å². The molecule has 2 rings (SSSR count). The van der Waals surface area contributed by atoms with Gasteiger partial charge >= 0.3 is 0 Å². The molecule has 0 atom stereocenters. The SMILES string of the molecule is Cc1ccncc1NC(=O)c1cc(Br)c(Br)s1. The van der Waals surface area contributed by atoms with Gasteiger partial charge in [-0.25, -0.2) is 0 Å². The van der Waals surface area contributed by atoms with Crippen LogP contribution in [-0.4, -0.2) is 10.9 Å². The minimum Gasteiger partial charge on any atom is -0.320 e. The molecule has 3 nitrogen and oxygen atoms in total. The van der Waals surface area contributed by atoms with Gasteiger partial charge in [0.1, 0.15) is 0 Å². The van der Waals surface area contributed by atoms with Crippen molar-refractivity contribution in [2.75, 3.05) is 5.32 Å². The van der Waals surface area contributed by atoms with Crippen LogP contribution in [0.4, 0.5) is 5.69 Å². The van der Waals surface area contributed by atoms with Crippen LogP contribution in [0.15, 0.2) is 32.8 Å². The summed E-state index contributed by atoms with van der Waals surface area (Å²) in [5, 5.41) is 2.83. The van der Waals surface area contributed by atoms with Crippen LogP contribution in [0.3, 0.4) is 0 Å². The highest BCUT2D eigenvalue weighted by atomic mass is 79.9. The molecule has 88 valence electrons. The molecule has 0 bridgehead atoms. The first-order valence-corrected chi connectivity index (χ1v) is 7.15. The lowest BCUT2D eigenvalue weighted by Gasteiger charge is -2.05. The molecule has 1 amide bonds. The van der Waals surface area contributed by atoms with E-state index in [4.69, 9.17) is 0 Å². The van der Waals surface area contributed by atoms with E-state index in [2.05, 4.69) is 42.2 Å². The Morgan fingerprint density at radius 1 is 1.47 bits per heavy atom. The molecule has 6 heteroatoms. The first-order valence-electron chi connectivity index (χ1n) is 4.74. The van der Waals surface area contributed by atoms with Crippen molar-refractivity contribution in [1.29, 1.82) is 0 Å². The van der Waals surface area contributed by atoms with Crippen LogP contribution < -0.4 is 5.32 Å². The molecule has 0 saturated heterocycles. The zero-order valence-electron chi connectivity index (χ0n) is 8.83. The van der Waals surface area contributed by atoms with E-state index in [1.54, 1.807) is 18.5 Å². The topological polar surface area (TPSA) is 42.0 Å². The van der Waals surface area contributed by atoms with Crippen molar-refractivity contribution in [2.45, 2.75) is 6.92 Å². The van der Waals surface area contributed by atoms with Crippen molar-refractivity contribution in [3.05, 3.63) is 43.2 Å². The van der Waals surface area contributed by atoms with Gasteiger partial charge in [-0.1, -0.05) is 0 Å².